The average molecular weight is 489 g/mol. The summed E-state index contributed by atoms with van der Waals surface area (Å²) in [5.41, 5.74) is 2.17. The molecule has 0 aliphatic heterocycles. The molecule has 176 valence electrons. The summed E-state index contributed by atoms with van der Waals surface area (Å²) in [6, 6.07) is 7.70. The van der Waals surface area contributed by atoms with E-state index in [0.29, 0.717) is 28.9 Å². The fraction of sp³-hybridized carbons (Fsp3) is 0.391. The molecule has 0 unspecified atom stereocenters. The fourth-order valence-corrected chi connectivity index (χ4v) is 5.08. The van der Waals surface area contributed by atoms with Crippen LogP contribution in [0.2, 0.25) is 0 Å². The number of anilines is 1. The molecule has 0 aliphatic rings. The predicted molar refractivity (Wildman–Crippen MR) is 131 cm³/mol. The normalized spacial score (nSPS) is 10.8. The number of benzene rings is 1. The van der Waals surface area contributed by atoms with E-state index >= 15 is 0 Å². The number of hydrogen-bond acceptors (Lipinski definition) is 8. The maximum absolute atomic E-state index is 12.7. The molecule has 0 saturated carbocycles. The summed E-state index contributed by atoms with van der Waals surface area (Å²) in [4.78, 5) is 26.0. The molecule has 2 aromatic heterocycles. The third kappa shape index (κ3) is 5.75. The van der Waals surface area contributed by atoms with Gasteiger partial charge < -0.3 is 19.4 Å². The van der Waals surface area contributed by atoms with Gasteiger partial charge >= 0.3 is 5.97 Å². The number of ether oxygens (including phenoxy) is 2. The van der Waals surface area contributed by atoms with Gasteiger partial charge in [-0.15, -0.1) is 21.5 Å². The third-order valence-electron chi connectivity index (χ3n) is 4.91. The Hall–Kier alpha value is -2.85. The number of aromatic nitrogens is 3. The molecule has 1 aromatic carbocycles. The van der Waals surface area contributed by atoms with Gasteiger partial charge in [0.25, 0.3) is 0 Å². The Morgan fingerprint density at radius 3 is 2.45 bits per heavy atom. The SMILES string of the molecule is CCOC(=O)c1c(NC(=O)CSc2nnc(-c3ccc(OCC)cc3)n2CC)sc(C)c1C. The first-order valence-electron chi connectivity index (χ1n) is 10.8. The lowest BCUT2D eigenvalue weighted by Crippen LogP contribution is -2.17. The monoisotopic (exact) mass is 488 g/mol. The third-order valence-corrected chi connectivity index (χ3v) is 7.00. The van der Waals surface area contributed by atoms with Crippen LogP contribution >= 0.6 is 23.1 Å². The van der Waals surface area contributed by atoms with Gasteiger partial charge in [-0.05, 0) is 64.4 Å². The van der Waals surface area contributed by atoms with Crippen molar-refractivity contribution in [3.63, 3.8) is 0 Å². The molecule has 2 heterocycles. The van der Waals surface area contributed by atoms with E-state index in [1.165, 1.54) is 23.1 Å². The van der Waals surface area contributed by atoms with Crippen LogP contribution in [0.4, 0.5) is 5.00 Å². The van der Waals surface area contributed by atoms with Gasteiger partial charge in [0.2, 0.25) is 5.91 Å². The maximum atomic E-state index is 12.7. The zero-order valence-corrected chi connectivity index (χ0v) is 21.1. The van der Waals surface area contributed by atoms with Crippen LogP contribution in [0.3, 0.4) is 0 Å². The van der Waals surface area contributed by atoms with Crippen molar-refractivity contribution in [1.82, 2.24) is 14.8 Å². The molecule has 0 bridgehead atoms. The molecular weight excluding hydrogens is 460 g/mol. The number of nitrogens with zero attached hydrogens (tertiary/aromatic N) is 3. The summed E-state index contributed by atoms with van der Waals surface area (Å²) in [5, 5.41) is 12.6. The van der Waals surface area contributed by atoms with Crippen LogP contribution in [0.1, 0.15) is 41.6 Å². The zero-order valence-electron chi connectivity index (χ0n) is 19.4. The highest BCUT2D eigenvalue weighted by atomic mass is 32.2. The Bertz CT molecular complexity index is 1120. The fourth-order valence-electron chi connectivity index (χ4n) is 3.22. The van der Waals surface area contributed by atoms with Crippen molar-refractivity contribution in [3.05, 3.63) is 40.3 Å². The Kier molecular flexibility index (Phi) is 8.51. The van der Waals surface area contributed by atoms with E-state index in [0.717, 1.165) is 27.6 Å². The number of thiophene rings is 1. The number of carbonyl (C=O) groups is 2. The van der Waals surface area contributed by atoms with Crippen molar-refractivity contribution in [1.29, 1.82) is 0 Å². The smallest absolute Gasteiger partial charge is 0.341 e. The Morgan fingerprint density at radius 1 is 1.09 bits per heavy atom. The topological polar surface area (TPSA) is 95.3 Å². The van der Waals surface area contributed by atoms with E-state index in [9.17, 15) is 9.59 Å². The number of thioether (sulfide) groups is 1. The van der Waals surface area contributed by atoms with Gasteiger partial charge in [0, 0.05) is 17.0 Å². The Balaban J connectivity index is 1.70. The second kappa shape index (κ2) is 11.3. The molecule has 0 spiro atoms. The van der Waals surface area contributed by atoms with E-state index in [2.05, 4.69) is 15.5 Å². The molecule has 0 fully saturated rings. The van der Waals surface area contributed by atoms with Crippen molar-refractivity contribution >= 4 is 40.0 Å². The molecule has 1 amide bonds. The number of amides is 1. The van der Waals surface area contributed by atoms with Gasteiger partial charge in [0.05, 0.1) is 24.5 Å². The first kappa shape index (κ1) is 24.8. The minimum atomic E-state index is -0.423. The van der Waals surface area contributed by atoms with Gasteiger partial charge in [-0.25, -0.2) is 4.79 Å². The predicted octanol–water partition coefficient (Wildman–Crippen LogP) is 4.95. The number of aryl methyl sites for hydroxylation is 1. The average Bonchev–Trinajstić information content (AvgIpc) is 3.33. The van der Waals surface area contributed by atoms with Gasteiger partial charge in [0.1, 0.15) is 10.8 Å². The van der Waals surface area contributed by atoms with Crippen LogP contribution in [0.5, 0.6) is 5.75 Å². The summed E-state index contributed by atoms with van der Waals surface area (Å²) in [5.74, 6) is 1.03. The highest BCUT2D eigenvalue weighted by Gasteiger charge is 2.22. The molecule has 3 aromatic rings. The molecule has 10 heteroatoms. The quantitative estimate of drug-likeness (QED) is 0.319. The molecular formula is C23H28N4O4S2. The minimum Gasteiger partial charge on any atom is -0.494 e. The Labute approximate surface area is 201 Å². The number of carbonyl (C=O) groups excluding carboxylic acids is 2. The molecule has 33 heavy (non-hydrogen) atoms. The highest BCUT2D eigenvalue weighted by Crippen LogP contribution is 2.33. The number of esters is 1. The molecule has 0 aliphatic carbocycles. The van der Waals surface area contributed by atoms with E-state index < -0.39 is 5.97 Å². The van der Waals surface area contributed by atoms with Gasteiger partial charge in [-0.2, -0.15) is 0 Å². The van der Waals surface area contributed by atoms with Crippen molar-refractivity contribution in [3.8, 4) is 17.1 Å². The van der Waals surface area contributed by atoms with E-state index in [4.69, 9.17) is 9.47 Å². The molecule has 3 rings (SSSR count). The van der Waals surface area contributed by atoms with Crippen molar-refractivity contribution in [2.45, 2.75) is 46.3 Å². The van der Waals surface area contributed by atoms with E-state index in [1.54, 1.807) is 6.92 Å². The molecule has 8 nitrogen and oxygen atoms in total. The summed E-state index contributed by atoms with van der Waals surface area (Å²) >= 11 is 2.68. The zero-order chi connectivity index (χ0) is 24.0. The summed E-state index contributed by atoms with van der Waals surface area (Å²) in [6.07, 6.45) is 0. The molecule has 0 saturated heterocycles. The largest absolute Gasteiger partial charge is 0.494 e. The van der Waals surface area contributed by atoms with Crippen molar-refractivity contribution in [2.75, 3.05) is 24.3 Å². The minimum absolute atomic E-state index is 0.139. The van der Waals surface area contributed by atoms with E-state index in [1.807, 2.05) is 56.5 Å². The van der Waals surface area contributed by atoms with Crippen molar-refractivity contribution < 1.29 is 19.1 Å². The summed E-state index contributed by atoms with van der Waals surface area (Å²) in [6.45, 7) is 11.0. The lowest BCUT2D eigenvalue weighted by Gasteiger charge is -2.09. The van der Waals surface area contributed by atoms with Crippen LogP contribution in [-0.2, 0) is 16.1 Å². The lowest BCUT2D eigenvalue weighted by molar-refractivity contribution is -0.113. The number of rotatable bonds is 10. The first-order chi connectivity index (χ1) is 15.9. The van der Waals surface area contributed by atoms with Crippen LogP contribution in [0.25, 0.3) is 11.4 Å². The second-order valence-electron chi connectivity index (χ2n) is 7.05. The first-order valence-corrected chi connectivity index (χ1v) is 12.6. The molecule has 0 radical (unpaired) electrons. The van der Waals surface area contributed by atoms with Crippen LogP contribution in [-0.4, -0.2) is 45.6 Å². The second-order valence-corrected chi connectivity index (χ2v) is 9.22. The Morgan fingerprint density at radius 2 is 1.82 bits per heavy atom. The van der Waals surface area contributed by atoms with Gasteiger partial charge in [-0.3, -0.25) is 4.79 Å². The highest BCUT2D eigenvalue weighted by molar-refractivity contribution is 7.99. The van der Waals surface area contributed by atoms with Crippen molar-refractivity contribution in [2.24, 2.45) is 0 Å². The molecule has 1 N–H and O–H groups in total. The summed E-state index contributed by atoms with van der Waals surface area (Å²) < 4.78 is 12.6. The number of hydrogen-bond donors (Lipinski definition) is 1. The van der Waals surface area contributed by atoms with E-state index in [-0.39, 0.29) is 18.3 Å². The standard InChI is InChI=1S/C23H28N4O4S2/c1-6-27-20(16-9-11-17(12-10-16)30-7-2)25-26-23(27)32-13-18(28)24-21-19(22(29)31-8-3)14(4)15(5)33-21/h9-12H,6-8,13H2,1-5H3,(H,24,28). The van der Waals surface area contributed by atoms with Gasteiger partial charge in [0.15, 0.2) is 11.0 Å². The molecule has 0 atom stereocenters. The van der Waals surface area contributed by atoms with Crippen LogP contribution < -0.4 is 10.1 Å². The maximum Gasteiger partial charge on any atom is 0.341 e. The van der Waals surface area contributed by atoms with Crippen LogP contribution in [0, 0.1) is 13.8 Å². The lowest BCUT2D eigenvalue weighted by atomic mass is 10.1. The summed E-state index contributed by atoms with van der Waals surface area (Å²) in [7, 11) is 0. The number of nitrogens with one attached hydrogen (secondary N) is 1. The van der Waals surface area contributed by atoms with Crippen LogP contribution in [0.15, 0.2) is 29.4 Å². The van der Waals surface area contributed by atoms with Gasteiger partial charge in [-0.1, -0.05) is 11.8 Å².